The van der Waals surface area contributed by atoms with Crippen LogP contribution in [-0.2, 0) is 17.8 Å². The Morgan fingerprint density at radius 1 is 1.25 bits per heavy atom. The third kappa shape index (κ3) is 3.88. The van der Waals surface area contributed by atoms with Gasteiger partial charge in [-0.2, -0.15) is 0 Å². The molecule has 3 nitrogen and oxygen atoms in total. The summed E-state index contributed by atoms with van der Waals surface area (Å²) in [6.45, 7) is 3.90. The Morgan fingerprint density at radius 3 is 2.85 bits per heavy atom. The first-order chi connectivity index (χ1) is 9.90. The number of rotatable bonds is 6. The highest BCUT2D eigenvalue weighted by Crippen LogP contribution is 2.18. The first-order valence-corrected chi connectivity index (χ1v) is 8.03. The van der Waals surface area contributed by atoms with E-state index in [9.17, 15) is 0 Å². The highest BCUT2D eigenvalue weighted by atomic mass is 32.1. The van der Waals surface area contributed by atoms with Crippen LogP contribution in [0.4, 0.5) is 0 Å². The minimum Gasteiger partial charge on any atom is -0.377 e. The normalized spacial score (nSPS) is 18.8. The Hall–Kier alpha value is -1.23. The molecule has 0 N–H and O–H groups in total. The van der Waals surface area contributed by atoms with Crippen molar-refractivity contribution in [3.8, 4) is 0 Å². The average molecular weight is 288 g/mol. The van der Waals surface area contributed by atoms with Gasteiger partial charge >= 0.3 is 0 Å². The van der Waals surface area contributed by atoms with Gasteiger partial charge in [0.15, 0.2) is 0 Å². The van der Waals surface area contributed by atoms with E-state index in [-0.39, 0.29) is 0 Å². The summed E-state index contributed by atoms with van der Waals surface area (Å²) in [4.78, 5) is 7.99. The maximum Gasteiger partial charge on any atom is 0.0703 e. The van der Waals surface area contributed by atoms with Gasteiger partial charge in [0.25, 0.3) is 0 Å². The molecule has 0 aliphatic carbocycles. The molecule has 4 heteroatoms. The number of nitrogens with zero attached hydrogens (tertiary/aromatic N) is 2. The van der Waals surface area contributed by atoms with Crippen LogP contribution in [0.3, 0.4) is 0 Å². The molecule has 0 unspecified atom stereocenters. The van der Waals surface area contributed by atoms with E-state index in [0.717, 1.165) is 26.2 Å². The summed E-state index contributed by atoms with van der Waals surface area (Å²) >= 11 is 1.82. The summed E-state index contributed by atoms with van der Waals surface area (Å²) in [6.07, 6.45) is 6.52. The van der Waals surface area contributed by atoms with Crippen LogP contribution in [0.2, 0.25) is 0 Å². The molecule has 0 aromatic carbocycles. The lowest BCUT2D eigenvalue weighted by atomic mass is 10.2. The van der Waals surface area contributed by atoms with Crippen molar-refractivity contribution < 1.29 is 4.74 Å². The fraction of sp³-hybridized carbons (Fsp3) is 0.438. The van der Waals surface area contributed by atoms with E-state index in [0.29, 0.717) is 6.10 Å². The van der Waals surface area contributed by atoms with Crippen LogP contribution in [0.1, 0.15) is 23.3 Å². The van der Waals surface area contributed by atoms with Crippen molar-refractivity contribution in [1.29, 1.82) is 0 Å². The number of thiophene rings is 1. The average Bonchev–Trinajstić information content (AvgIpc) is 3.13. The Bertz CT molecular complexity index is 494. The van der Waals surface area contributed by atoms with Crippen molar-refractivity contribution in [2.24, 2.45) is 0 Å². The van der Waals surface area contributed by atoms with E-state index in [4.69, 9.17) is 4.74 Å². The molecule has 1 saturated heterocycles. The zero-order valence-corrected chi connectivity index (χ0v) is 12.4. The molecule has 0 spiro atoms. The van der Waals surface area contributed by atoms with Crippen molar-refractivity contribution >= 4 is 11.3 Å². The predicted molar refractivity (Wildman–Crippen MR) is 81.6 cm³/mol. The minimum atomic E-state index is 0.400. The summed E-state index contributed by atoms with van der Waals surface area (Å²) in [5.74, 6) is 0. The monoisotopic (exact) mass is 288 g/mol. The molecule has 2 aromatic rings. The zero-order valence-electron chi connectivity index (χ0n) is 11.6. The summed E-state index contributed by atoms with van der Waals surface area (Å²) in [7, 11) is 0. The molecule has 20 heavy (non-hydrogen) atoms. The molecule has 0 bridgehead atoms. The van der Waals surface area contributed by atoms with E-state index in [1.165, 1.54) is 23.3 Å². The van der Waals surface area contributed by atoms with Crippen LogP contribution in [0.25, 0.3) is 0 Å². The third-order valence-electron chi connectivity index (χ3n) is 3.60. The molecule has 0 amide bonds. The standard InChI is InChI=1S/C16H20N2OS/c1-3-15(19-9-1)12-18(13-16-4-2-10-20-16)11-14-5-7-17-8-6-14/h2,4-8,10,15H,1,3,9,11-13H2/t15-/m0/s1. The van der Waals surface area contributed by atoms with E-state index in [2.05, 4.69) is 39.5 Å². The Kier molecular flexibility index (Phi) is 4.79. The lowest BCUT2D eigenvalue weighted by Crippen LogP contribution is -2.31. The fourth-order valence-corrected chi connectivity index (χ4v) is 3.38. The molecule has 1 fully saturated rings. The summed E-state index contributed by atoms with van der Waals surface area (Å²) in [6, 6.07) is 8.52. The van der Waals surface area contributed by atoms with Crippen molar-refractivity contribution in [1.82, 2.24) is 9.88 Å². The van der Waals surface area contributed by atoms with Gasteiger partial charge in [-0.1, -0.05) is 6.07 Å². The highest BCUT2D eigenvalue weighted by molar-refractivity contribution is 7.09. The van der Waals surface area contributed by atoms with Crippen LogP contribution in [0.15, 0.2) is 42.0 Å². The number of pyridine rings is 1. The van der Waals surface area contributed by atoms with Gasteiger partial charge in [0.05, 0.1) is 6.10 Å². The van der Waals surface area contributed by atoms with Crippen LogP contribution in [0.5, 0.6) is 0 Å². The second kappa shape index (κ2) is 6.97. The quantitative estimate of drug-likeness (QED) is 0.815. The topological polar surface area (TPSA) is 25.4 Å². The van der Waals surface area contributed by atoms with Gasteiger partial charge in [0, 0.05) is 43.5 Å². The maximum absolute atomic E-state index is 5.79. The maximum atomic E-state index is 5.79. The lowest BCUT2D eigenvalue weighted by molar-refractivity contribution is 0.0682. The van der Waals surface area contributed by atoms with Crippen LogP contribution in [0, 0.1) is 0 Å². The van der Waals surface area contributed by atoms with E-state index in [1.807, 2.05) is 23.7 Å². The van der Waals surface area contributed by atoms with Crippen molar-refractivity contribution in [3.63, 3.8) is 0 Å². The van der Waals surface area contributed by atoms with Gasteiger partial charge in [0.2, 0.25) is 0 Å². The largest absolute Gasteiger partial charge is 0.377 e. The molecule has 1 aliphatic rings. The van der Waals surface area contributed by atoms with E-state index < -0.39 is 0 Å². The van der Waals surface area contributed by atoms with Crippen molar-refractivity contribution in [3.05, 3.63) is 52.5 Å². The molecule has 3 heterocycles. The Balaban J connectivity index is 1.65. The summed E-state index contributed by atoms with van der Waals surface area (Å²) in [5, 5.41) is 2.14. The third-order valence-corrected chi connectivity index (χ3v) is 4.46. The minimum absolute atomic E-state index is 0.400. The van der Waals surface area contributed by atoms with Crippen LogP contribution >= 0.6 is 11.3 Å². The first-order valence-electron chi connectivity index (χ1n) is 7.15. The van der Waals surface area contributed by atoms with Crippen LogP contribution in [-0.4, -0.2) is 29.1 Å². The molecule has 3 rings (SSSR count). The van der Waals surface area contributed by atoms with Gasteiger partial charge in [0.1, 0.15) is 0 Å². The Morgan fingerprint density at radius 2 is 2.15 bits per heavy atom. The number of aromatic nitrogens is 1. The molecule has 106 valence electrons. The fourth-order valence-electron chi connectivity index (χ4n) is 2.63. The molecule has 0 saturated carbocycles. The summed E-state index contributed by atoms with van der Waals surface area (Å²) < 4.78 is 5.79. The van der Waals surface area contributed by atoms with Gasteiger partial charge in [-0.05, 0) is 42.0 Å². The second-order valence-corrected chi connectivity index (χ2v) is 6.27. The van der Waals surface area contributed by atoms with Gasteiger partial charge in [-0.25, -0.2) is 0 Å². The molecular weight excluding hydrogens is 268 g/mol. The van der Waals surface area contributed by atoms with E-state index >= 15 is 0 Å². The van der Waals surface area contributed by atoms with Crippen molar-refractivity contribution in [2.75, 3.05) is 13.2 Å². The summed E-state index contributed by atoms with van der Waals surface area (Å²) in [5.41, 5.74) is 1.31. The molecule has 1 aliphatic heterocycles. The van der Waals surface area contributed by atoms with E-state index in [1.54, 1.807) is 0 Å². The molecule has 0 radical (unpaired) electrons. The second-order valence-electron chi connectivity index (χ2n) is 5.24. The predicted octanol–water partition coefficient (Wildman–Crippen LogP) is 3.32. The lowest BCUT2D eigenvalue weighted by Gasteiger charge is -2.24. The molecule has 2 aromatic heterocycles. The van der Waals surface area contributed by atoms with Gasteiger partial charge in [-0.15, -0.1) is 11.3 Å². The SMILES string of the molecule is c1csc(CN(Cc2ccncc2)C[C@@H]2CCCO2)c1. The van der Waals surface area contributed by atoms with Crippen LogP contribution < -0.4 is 0 Å². The number of hydrogen-bond donors (Lipinski definition) is 0. The smallest absolute Gasteiger partial charge is 0.0703 e. The first kappa shape index (κ1) is 13.7. The molecular formula is C16H20N2OS. The zero-order chi connectivity index (χ0) is 13.6. The van der Waals surface area contributed by atoms with Gasteiger partial charge < -0.3 is 4.74 Å². The Labute approximate surface area is 124 Å². The number of ether oxygens (including phenoxy) is 1. The van der Waals surface area contributed by atoms with Crippen molar-refractivity contribution in [2.45, 2.75) is 32.0 Å². The van der Waals surface area contributed by atoms with Gasteiger partial charge in [-0.3, -0.25) is 9.88 Å². The number of hydrogen-bond acceptors (Lipinski definition) is 4. The molecule has 1 atom stereocenters. The highest BCUT2D eigenvalue weighted by Gasteiger charge is 2.19.